The van der Waals surface area contributed by atoms with Gasteiger partial charge >= 0.3 is 0 Å². The Kier molecular flexibility index (Phi) is 4.49. The summed E-state index contributed by atoms with van der Waals surface area (Å²) in [5.74, 6) is 1.10. The first-order chi connectivity index (χ1) is 9.45. The second-order valence-electron chi connectivity index (χ2n) is 6.40. The SMILES string of the molecule is Cc1nc2c(n1CCC(C)(C#N)NC(C)C)CCCC2. The van der Waals surface area contributed by atoms with Gasteiger partial charge in [-0.15, -0.1) is 0 Å². The molecule has 0 radical (unpaired) electrons. The minimum Gasteiger partial charge on any atom is -0.332 e. The van der Waals surface area contributed by atoms with Gasteiger partial charge in [0.2, 0.25) is 0 Å². The number of aryl methyl sites for hydroxylation is 2. The van der Waals surface area contributed by atoms with Crippen molar-refractivity contribution in [1.82, 2.24) is 14.9 Å². The molecule has 1 aliphatic carbocycles. The molecule has 1 heterocycles. The third kappa shape index (κ3) is 3.21. The average Bonchev–Trinajstić information content (AvgIpc) is 2.71. The molecule has 0 amide bonds. The molecule has 1 N–H and O–H groups in total. The first-order valence-corrected chi connectivity index (χ1v) is 7.69. The molecule has 110 valence electrons. The summed E-state index contributed by atoms with van der Waals surface area (Å²) in [6.45, 7) is 9.11. The van der Waals surface area contributed by atoms with Crippen molar-refractivity contribution in [1.29, 1.82) is 5.26 Å². The van der Waals surface area contributed by atoms with Gasteiger partial charge in [-0.05, 0) is 59.8 Å². The van der Waals surface area contributed by atoms with Crippen LogP contribution in [0.15, 0.2) is 0 Å². The van der Waals surface area contributed by atoms with E-state index in [-0.39, 0.29) is 0 Å². The number of aromatic nitrogens is 2. The first kappa shape index (κ1) is 15.1. The van der Waals surface area contributed by atoms with Gasteiger partial charge in [-0.3, -0.25) is 5.32 Å². The maximum Gasteiger partial charge on any atom is 0.106 e. The summed E-state index contributed by atoms with van der Waals surface area (Å²) in [5.41, 5.74) is 2.22. The molecule has 20 heavy (non-hydrogen) atoms. The zero-order chi connectivity index (χ0) is 14.8. The zero-order valence-electron chi connectivity index (χ0n) is 13.2. The lowest BCUT2D eigenvalue weighted by atomic mass is 9.97. The fourth-order valence-electron chi connectivity index (χ4n) is 3.17. The molecule has 4 heteroatoms. The quantitative estimate of drug-likeness (QED) is 0.898. The lowest BCUT2D eigenvalue weighted by Crippen LogP contribution is -2.45. The summed E-state index contributed by atoms with van der Waals surface area (Å²) in [6, 6.07) is 2.74. The Hall–Kier alpha value is -1.34. The molecule has 0 saturated carbocycles. The van der Waals surface area contributed by atoms with Gasteiger partial charge in [-0.1, -0.05) is 0 Å². The van der Waals surface area contributed by atoms with Gasteiger partial charge in [0.15, 0.2) is 0 Å². The van der Waals surface area contributed by atoms with Crippen molar-refractivity contribution in [3.63, 3.8) is 0 Å². The van der Waals surface area contributed by atoms with Gasteiger partial charge in [-0.2, -0.15) is 5.26 Å². The number of imidazole rings is 1. The summed E-state index contributed by atoms with van der Waals surface area (Å²) >= 11 is 0. The predicted molar refractivity (Wildman–Crippen MR) is 80.5 cm³/mol. The molecule has 0 fully saturated rings. The normalized spacial score (nSPS) is 17.6. The predicted octanol–water partition coefficient (Wildman–Crippen LogP) is 2.74. The van der Waals surface area contributed by atoms with Crippen LogP contribution in [0.1, 0.15) is 57.2 Å². The maximum atomic E-state index is 9.43. The van der Waals surface area contributed by atoms with Gasteiger partial charge in [0, 0.05) is 18.3 Å². The van der Waals surface area contributed by atoms with Crippen molar-refractivity contribution in [3.8, 4) is 6.07 Å². The smallest absolute Gasteiger partial charge is 0.106 e. The molecule has 0 aromatic carbocycles. The monoisotopic (exact) mass is 274 g/mol. The van der Waals surface area contributed by atoms with E-state index in [2.05, 4.69) is 36.7 Å². The first-order valence-electron chi connectivity index (χ1n) is 7.69. The van der Waals surface area contributed by atoms with Gasteiger partial charge < -0.3 is 4.57 Å². The number of rotatable bonds is 5. The van der Waals surface area contributed by atoms with E-state index in [0.29, 0.717) is 6.04 Å². The molecule has 4 nitrogen and oxygen atoms in total. The van der Waals surface area contributed by atoms with E-state index in [0.717, 1.165) is 31.6 Å². The molecule has 1 unspecified atom stereocenters. The van der Waals surface area contributed by atoms with Crippen LogP contribution >= 0.6 is 0 Å². The summed E-state index contributed by atoms with van der Waals surface area (Å²) in [7, 11) is 0. The Labute approximate surface area is 122 Å². The van der Waals surface area contributed by atoms with E-state index in [1.807, 2.05) is 6.92 Å². The molecule has 0 aliphatic heterocycles. The Balaban J connectivity index is 2.11. The number of hydrogen-bond donors (Lipinski definition) is 1. The topological polar surface area (TPSA) is 53.6 Å². The number of nitrogens with zero attached hydrogens (tertiary/aromatic N) is 3. The van der Waals surface area contributed by atoms with Gasteiger partial charge in [0.05, 0.1) is 11.8 Å². The molecule has 0 spiro atoms. The maximum absolute atomic E-state index is 9.43. The summed E-state index contributed by atoms with van der Waals surface area (Å²) < 4.78 is 2.33. The van der Waals surface area contributed by atoms with E-state index in [1.165, 1.54) is 24.2 Å². The lowest BCUT2D eigenvalue weighted by molar-refractivity contribution is 0.358. The van der Waals surface area contributed by atoms with Crippen LogP contribution in [-0.4, -0.2) is 21.1 Å². The van der Waals surface area contributed by atoms with E-state index >= 15 is 0 Å². The third-order valence-electron chi connectivity index (χ3n) is 4.11. The van der Waals surface area contributed by atoms with Crippen LogP contribution in [0.25, 0.3) is 0 Å². The Morgan fingerprint density at radius 2 is 2.10 bits per heavy atom. The molecule has 1 aliphatic rings. The van der Waals surface area contributed by atoms with Crippen molar-refractivity contribution in [2.24, 2.45) is 0 Å². The number of nitriles is 1. The highest BCUT2D eigenvalue weighted by Crippen LogP contribution is 2.23. The standard InChI is InChI=1S/C16H26N4/c1-12(2)19-16(4,11-17)9-10-20-13(3)18-14-7-5-6-8-15(14)20/h12,19H,5-10H2,1-4H3. The van der Waals surface area contributed by atoms with Crippen molar-refractivity contribution in [3.05, 3.63) is 17.2 Å². The van der Waals surface area contributed by atoms with Crippen molar-refractivity contribution in [2.45, 2.75) is 77.9 Å². The van der Waals surface area contributed by atoms with Crippen LogP contribution in [-0.2, 0) is 19.4 Å². The minimum absolute atomic E-state index is 0.317. The molecular formula is C16H26N4. The van der Waals surface area contributed by atoms with Crippen molar-refractivity contribution >= 4 is 0 Å². The molecule has 1 atom stereocenters. The number of fused-ring (bicyclic) bond motifs is 1. The number of nitrogens with one attached hydrogen (secondary N) is 1. The van der Waals surface area contributed by atoms with E-state index in [9.17, 15) is 5.26 Å². The molecule has 0 saturated heterocycles. The van der Waals surface area contributed by atoms with Crippen LogP contribution in [0.5, 0.6) is 0 Å². The third-order valence-corrected chi connectivity index (χ3v) is 4.11. The second kappa shape index (κ2) is 5.97. The van der Waals surface area contributed by atoms with E-state index < -0.39 is 5.54 Å². The Bertz CT molecular complexity index is 509. The summed E-state index contributed by atoms with van der Waals surface area (Å²) in [4.78, 5) is 4.70. The fraction of sp³-hybridized carbons (Fsp3) is 0.750. The zero-order valence-corrected chi connectivity index (χ0v) is 13.2. The van der Waals surface area contributed by atoms with Gasteiger partial charge in [-0.25, -0.2) is 4.98 Å². The van der Waals surface area contributed by atoms with E-state index in [4.69, 9.17) is 4.98 Å². The highest BCUT2D eigenvalue weighted by Gasteiger charge is 2.26. The van der Waals surface area contributed by atoms with Gasteiger partial charge in [0.25, 0.3) is 0 Å². The highest BCUT2D eigenvalue weighted by molar-refractivity contribution is 5.20. The fourth-order valence-corrected chi connectivity index (χ4v) is 3.17. The molecule has 1 aromatic rings. The number of hydrogen-bond acceptors (Lipinski definition) is 3. The Morgan fingerprint density at radius 3 is 2.75 bits per heavy atom. The Morgan fingerprint density at radius 1 is 1.40 bits per heavy atom. The molecule has 0 bridgehead atoms. The van der Waals surface area contributed by atoms with Crippen LogP contribution in [0, 0.1) is 18.3 Å². The molecule has 2 rings (SSSR count). The van der Waals surface area contributed by atoms with Crippen LogP contribution < -0.4 is 5.32 Å². The summed E-state index contributed by atoms with van der Waals surface area (Å²) in [6.07, 6.45) is 5.58. The lowest BCUT2D eigenvalue weighted by Gasteiger charge is -2.27. The van der Waals surface area contributed by atoms with E-state index in [1.54, 1.807) is 0 Å². The largest absolute Gasteiger partial charge is 0.332 e. The average molecular weight is 274 g/mol. The van der Waals surface area contributed by atoms with Gasteiger partial charge in [0.1, 0.15) is 11.4 Å². The van der Waals surface area contributed by atoms with Crippen LogP contribution in [0.3, 0.4) is 0 Å². The van der Waals surface area contributed by atoms with Crippen LogP contribution in [0.2, 0.25) is 0 Å². The molecule has 1 aromatic heterocycles. The van der Waals surface area contributed by atoms with Crippen LogP contribution in [0.4, 0.5) is 0 Å². The minimum atomic E-state index is -0.466. The van der Waals surface area contributed by atoms with Crippen molar-refractivity contribution < 1.29 is 0 Å². The molecular weight excluding hydrogens is 248 g/mol. The van der Waals surface area contributed by atoms with Crippen molar-refractivity contribution in [2.75, 3.05) is 0 Å². The highest BCUT2D eigenvalue weighted by atomic mass is 15.1. The second-order valence-corrected chi connectivity index (χ2v) is 6.40. The summed E-state index contributed by atoms with van der Waals surface area (Å²) in [5, 5.41) is 12.8.